The van der Waals surface area contributed by atoms with Gasteiger partial charge in [0.1, 0.15) is 24.0 Å². The second kappa shape index (κ2) is 3.18. The van der Waals surface area contributed by atoms with Crippen molar-refractivity contribution in [2.75, 3.05) is 12.0 Å². The molecule has 3 rings (SSSR count). The van der Waals surface area contributed by atoms with E-state index in [1.54, 1.807) is 17.6 Å². The van der Waals surface area contributed by atoms with Crippen molar-refractivity contribution >= 4 is 39.7 Å². The Labute approximate surface area is 88.9 Å². The molecule has 3 N–H and O–H groups in total. The molecule has 0 unspecified atom stereocenters. The molecule has 0 spiro atoms. The summed E-state index contributed by atoms with van der Waals surface area (Å²) in [6, 6.07) is 0. The molecule has 0 aromatic carbocycles. The van der Waals surface area contributed by atoms with Crippen LogP contribution in [0, 0.1) is 0 Å². The molecule has 0 fully saturated rings. The lowest BCUT2D eigenvalue weighted by molar-refractivity contribution is 0.347. The molecule has 0 aliphatic carbocycles. The Morgan fingerprint density at radius 1 is 1.47 bits per heavy atom. The van der Waals surface area contributed by atoms with Crippen molar-refractivity contribution in [1.29, 1.82) is 0 Å². The van der Waals surface area contributed by atoms with Gasteiger partial charge in [-0.2, -0.15) is 0 Å². The lowest BCUT2D eigenvalue weighted by Gasteiger charge is -2.01. The second-order valence-corrected chi connectivity index (χ2v) is 4.11. The van der Waals surface area contributed by atoms with E-state index in [4.69, 9.17) is 10.6 Å². The van der Waals surface area contributed by atoms with E-state index in [-0.39, 0.29) is 0 Å². The quantitative estimate of drug-likeness (QED) is 0.502. The van der Waals surface area contributed by atoms with Gasteiger partial charge >= 0.3 is 0 Å². The van der Waals surface area contributed by atoms with E-state index in [0.29, 0.717) is 12.4 Å². The monoisotopic (exact) mass is 220 g/mol. The van der Waals surface area contributed by atoms with Crippen LogP contribution >= 0.6 is 11.3 Å². The molecular weight excluding hydrogens is 212 g/mol. The largest absolute Gasteiger partial charge is 0.496 e. The number of nitrogens with two attached hydrogens (primary N) is 1. The lowest BCUT2D eigenvalue weighted by atomic mass is 10.2. The van der Waals surface area contributed by atoms with Gasteiger partial charge in [0, 0.05) is 5.22 Å². The summed E-state index contributed by atoms with van der Waals surface area (Å²) in [6.45, 7) is 0.581. The number of fused-ring (bicyclic) bond motifs is 3. The summed E-state index contributed by atoms with van der Waals surface area (Å²) in [7, 11) is 0. The van der Waals surface area contributed by atoms with E-state index in [9.17, 15) is 0 Å². The van der Waals surface area contributed by atoms with Crippen molar-refractivity contribution in [3.8, 4) is 0 Å². The highest BCUT2D eigenvalue weighted by atomic mass is 32.1. The summed E-state index contributed by atoms with van der Waals surface area (Å²) >= 11 is 1.57. The van der Waals surface area contributed by atoms with E-state index < -0.39 is 0 Å². The summed E-state index contributed by atoms with van der Waals surface area (Å²) in [5.74, 6) is 6.07. The zero-order valence-corrected chi connectivity index (χ0v) is 8.54. The highest BCUT2D eigenvalue weighted by Gasteiger charge is 2.09. The molecule has 3 heterocycles. The number of aromatic nitrogens is 2. The number of nitrogen functional groups attached to an aromatic ring is 1. The predicted molar refractivity (Wildman–Crippen MR) is 59.4 cm³/mol. The van der Waals surface area contributed by atoms with Crippen molar-refractivity contribution in [2.45, 2.75) is 0 Å². The maximum absolute atomic E-state index is 5.42. The minimum Gasteiger partial charge on any atom is -0.496 e. The van der Waals surface area contributed by atoms with Crippen LogP contribution in [0.4, 0.5) is 5.82 Å². The Hall–Kier alpha value is -1.66. The van der Waals surface area contributed by atoms with Crippen molar-refractivity contribution in [1.82, 2.24) is 9.97 Å². The number of hydrogen-bond donors (Lipinski definition) is 2. The zero-order valence-electron chi connectivity index (χ0n) is 7.73. The molecule has 0 radical (unpaired) electrons. The van der Waals surface area contributed by atoms with Crippen LogP contribution in [0.3, 0.4) is 0 Å². The molecule has 76 valence electrons. The summed E-state index contributed by atoms with van der Waals surface area (Å²) in [5, 5.41) is 2.08. The highest BCUT2D eigenvalue weighted by Crippen LogP contribution is 2.16. The van der Waals surface area contributed by atoms with E-state index in [0.717, 1.165) is 20.0 Å². The number of nitrogens with one attached hydrogen (secondary N) is 1. The number of thiophene rings is 1. The fourth-order valence-corrected chi connectivity index (χ4v) is 2.66. The molecule has 1 aliphatic heterocycles. The molecule has 0 bridgehead atoms. The van der Waals surface area contributed by atoms with Crippen molar-refractivity contribution in [3.05, 3.63) is 16.1 Å². The Morgan fingerprint density at radius 3 is 3.27 bits per heavy atom. The molecular formula is C9H8N4OS. The van der Waals surface area contributed by atoms with Crippen LogP contribution in [-0.2, 0) is 4.74 Å². The molecule has 1 aliphatic rings. The summed E-state index contributed by atoms with van der Waals surface area (Å²) < 4.78 is 6.29. The van der Waals surface area contributed by atoms with Gasteiger partial charge in [-0.05, 0) is 6.08 Å². The van der Waals surface area contributed by atoms with Gasteiger partial charge in [-0.15, -0.1) is 11.3 Å². The van der Waals surface area contributed by atoms with Gasteiger partial charge in [-0.3, -0.25) is 0 Å². The van der Waals surface area contributed by atoms with Gasteiger partial charge in [0.15, 0.2) is 5.82 Å². The first-order chi connectivity index (χ1) is 7.40. The second-order valence-electron chi connectivity index (χ2n) is 3.08. The van der Waals surface area contributed by atoms with Crippen LogP contribution in [0.2, 0.25) is 0 Å². The average Bonchev–Trinajstić information content (AvgIpc) is 2.67. The van der Waals surface area contributed by atoms with Crippen LogP contribution in [-0.4, -0.2) is 16.6 Å². The Bertz CT molecular complexity index is 633. The third-order valence-corrected chi connectivity index (χ3v) is 3.30. The number of hydrogen-bond acceptors (Lipinski definition) is 6. The molecule has 5 nitrogen and oxygen atoms in total. The lowest BCUT2D eigenvalue weighted by Crippen LogP contribution is -2.24. The van der Waals surface area contributed by atoms with Gasteiger partial charge in [-0.1, -0.05) is 0 Å². The molecule has 6 heteroatoms. The van der Waals surface area contributed by atoms with Crippen LogP contribution in [0.5, 0.6) is 0 Å². The van der Waals surface area contributed by atoms with E-state index in [2.05, 4.69) is 15.4 Å². The van der Waals surface area contributed by atoms with E-state index >= 15 is 0 Å². The van der Waals surface area contributed by atoms with Gasteiger partial charge < -0.3 is 10.2 Å². The molecule has 0 amide bonds. The Morgan fingerprint density at radius 2 is 2.40 bits per heavy atom. The number of hydrazine groups is 1. The fourth-order valence-electron chi connectivity index (χ4n) is 1.63. The first-order valence-electron chi connectivity index (χ1n) is 4.42. The predicted octanol–water partition coefficient (Wildman–Crippen LogP) is -0.474. The molecule has 0 saturated heterocycles. The minimum absolute atomic E-state index is 0.581. The Kier molecular flexibility index (Phi) is 1.83. The number of anilines is 1. The SMILES string of the molecule is NNc1ncnc2sc3c(c12)=CCOC=3. The summed E-state index contributed by atoms with van der Waals surface area (Å²) in [4.78, 5) is 9.22. The van der Waals surface area contributed by atoms with Gasteiger partial charge in [-0.25, -0.2) is 15.8 Å². The average molecular weight is 220 g/mol. The highest BCUT2D eigenvalue weighted by molar-refractivity contribution is 7.16. The molecule has 0 atom stereocenters. The third kappa shape index (κ3) is 1.19. The first kappa shape index (κ1) is 8.63. The van der Waals surface area contributed by atoms with Crippen LogP contribution in [0.1, 0.15) is 0 Å². The van der Waals surface area contributed by atoms with Crippen LogP contribution in [0.15, 0.2) is 6.33 Å². The molecule has 2 aromatic rings. The van der Waals surface area contributed by atoms with E-state index in [1.807, 2.05) is 6.08 Å². The van der Waals surface area contributed by atoms with E-state index in [1.165, 1.54) is 6.33 Å². The van der Waals surface area contributed by atoms with Gasteiger partial charge in [0.2, 0.25) is 0 Å². The van der Waals surface area contributed by atoms with Crippen molar-refractivity contribution < 1.29 is 4.74 Å². The van der Waals surface area contributed by atoms with Crippen LogP contribution < -0.4 is 21.0 Å². The maximum atomic E-state index is 5.42. The number of ether oxygens (including phenoxy) is 1. The standard InChI is InChI=1S/C9H8N4OS/c10-13-8-7-5-1-2-14-3-6(5)15-9(7)12-4-11-8/h1,3-4H,2,10H2,(H,11,12,13). The third-order valence-electron chi connectivity index (χ3n) is 2.26. The minimum atomic E-state index is 0.581. The Balaban J connectivity index is 2.56. The fraction of sp³-hybridized carbons (Fsp3) is 0.111. The topological polar surface area (TPSA) is 73.1 Å². The summed E-state index contributed by atoms with van der Waals surface area (Å²) in [5.41, 5.74) is 2.59. The normalized spacial score (nSPS) is 13.7. The van der Waals surface area contributed by atoms with Crippen LogP contribution in [0.25, 0.3) is 22.6 Å². The number of rotatable bonds is 1. The maximum Gasteiger partial charge on any atom is 0.152 e. The molecule has 15 heavy (non-hydrogen) atoms. The zero-order chi connectivity index (χ0) is 10.3. The molecule has 2 aromatic heterocycles. The number of nitrogens with zero attached hydrogens (tertiary/aromatic N) is 2. The first-order valence-corrected chi connectivity index (χ1v) is 5.24. The van der Waals surface area contributed by atoms with Gasteiger partial charge in [0.05, 0.1) is 9.92 Å². The smallest absolute Gasteiger partial charge is 0.152 e. The van der Waals surface area contributed by atoms with Crippen molar-refractivity contribution in [2.24, 2.45) is 5.84 Å². The molecule has 0 saturated carbocycles. The van der Waals surface area contributed by atoms with Gasteiger partial charge in [0.25, 0.3) is 0 Å². The van der Waals surface area contributed by atoms with Crippen molar-refractivity contribution in [3.63, 3.8) is 0 Å². The summed E-state index contributed by atoms with van der Waals surface area (Å²) in [6.07, 6.45) is 5.26.